The predicted octanol–water partition coefficient (Wildman–Crippen LogP) is 2.62. The number of esters is 1. The molecule has 0 aromatic heterocycles. The lowest BCUT2D eigenvalue weighted by Gasteiger charge is -2.19. The van der Waals surface area contributed by atoms with Crippen molar-refractivity contribution in [2.24, 2.45) is 5.92 Å². The van der Waals surface area contributed by atoms with Gasteiger partial charge in [0.15, 0.2) is 6.61 Å². The molecule has 0 aliphatic heterocycles. The van der Waals surface area contributed by atoms with Crippen LogP contribution in [0.4, 0.5) is 5.69 Å². The third kappa shape index (κ3) is 4.60. The van der Waals surface area contributed by atoms with Gasteiger partial charge in [0.25, 0.3) is 5.91 Å². The minimum Gasteiger partial charge on any atom is -0.455 e. The highest BCUT2D eigenvalue weighted by Crippen LogP contribution is 2.24. The monoisotopic (exact) mass is 286 g/mol. The third-order valence-electron chi connectivity index (χ3n) is 3.56. The molecule has 1 aromatic carbocycles. The maximum Gasteiger partial charge on any atom is 0.309 e. The highest BCUT2D eigenvalue weighted by molar-refractivity contribution is 5.93. The van der Waals surface area contributed by atoms with Crippen molar-refractivity contribution < 1.29 is 14.3 Å². The fraction of sp³-hybridized carbons (Fsp3) is 0.438. The van der Waals surface area contributed by atoms with Crippen LogP contribution in [0.1, 0.15) is 37.7 Å². The second kappa shape index (κ2) is 7.44. The van der Waals surface area contributed by atoms with E-state index in [9.17, 15) is 9.59 Å². The number of nitrogens with zero attached hydrogens (tertiary/aromatic N) is 1. The van der Waals surface area contributed by atoms with Gasteiger partial charge < -0.3 is 10.1 Å². The summed E-state index contributed by atoms with van der Waals surface area (Å²) in [5.74, 6) is -0.738. The smallest absolute Gasteiger partial charge is 0.309 e. The Kier molecular flexibility index (Phi) is 5.33. The van der Waals surface area contributed by atoms with Crippen LogP contribution in [0, 0.1) is 17.2 Å². The van der Waals surface area contributed by atoms with Crippen LogP contribution < -0.4 is 5.32 Å². The van der Waals surface area contributed by atoms with Crippen LogP contribution in [0.25, 0.3) is 0 Å². The molecule has 0 atom stereocenters. The van der Waals surface area contributed by atoms with E-state index in [4.69, 9.17) is 10.00 Å². The minimum absolute atomic E-state index is 0.0616. The Morgan fingerprint density at radius 3 is 2.76 bits per heavy atom. The van der Waals surface area contributed by atoms with E-state index in [1.807, 2.05) is 6.07 Å². The molecule has 2 rings (SSSR count). The molecule has 1 aliphatic rings. The second-order valence-electron chi connectivity index (χ2n) is 5.18. The van der Waals surface area contributed by atoms with E-state index in [1.165, 1.54) is 6.42 Å². The zero-order chi connectivity index (χ0) is 15.1. The van der Waals surface area contributed by atoms with Crippen LogP contribution in [0.15, 0.2) is 24.3 Å². The van der Waals surface area contributed by atoms with Crippen molar-refractivity contribution in [3.63, 3.8) is 0 Å². The lowest BCUT2D eigenvalue weighted by Crippen LogP contribution is -2.26. The number of ether oxygens (including phenoxy) is 1. The van der Waals surface area contributed by atoms with Gasteiger partial charge in [0.2, 0.25) is 0 Å². The molecule has 1 saturated carbocycles. The Hall–Kier alpha value is -2.35. The summed E-state index contributed by atoms with van der Waals surface area (Å²) < 4.78 is 5.06. The molecule has 5 heteroatoms. The first-order valence-electron chi connectivity index (χ1n) is 7.15. The van der Waals surface area contributed by atoms with E-state index in [0.717, 1.165) is 25.7 Å². The predicted molar refractivity (Wildman–Crippen MR) is 77.3 cm³/mol. The van der Waals surface area contributed by atoms with Gasteiger partial charge in [-0.3, -0.25) is 9.59 Å². The van der Waals surface area contributed by atoms with Gasteiger partial charge in [-0.1, -0.05) is 25.3 Å². The molecule has 0 saturated heterocycles. The van der Waals surface area contributed by atoms with Gasteiger partial charge in [0.1, 0.15) is 0 Å². The standard InChI is InChI=1S/C16H18N2O3/c17-10-12-5-4-8-14(9-12)18-15(19)11-21-16(20)13-6-2-1-3-7-13/h4-5,8-9,13H,1-3,6-7,11H2,(H,18,19). The Bertz CT molecular complexity index is 557. The summed E-state index contributed by atoms with van der Waals surface area (Å²) in [5.41, 5.74) is 0.986. The molecule has 1 fully saturated rings. The van der Waals surface area contributed by atoms with E-state index in [1.54, 1.807) is 24.3 Å². The summed E-state index contributed by atoms with van der Waals surface area (Å²) in [4.78, 5) is 23.5. The maximum atomic E-state index is 11.8. The van der Waals surface area contributed by atoms with Crippen LogP contribution in [0.3, 0.4) is 0 Å². The van der Waals surface area contributed by atoms with Gasteiger partial charge in [-0.15, -0.1) is 0 Å². The topological polar surface area (TPSA) is 79.2 Å². The first kappa shape index (κ1) is 15.0. The second-order valence-corrected chi connectivity index (χ2v) is 5.18. The summed E-state index contributed by atoms with van der Waals surface area (Å²) >= 11 is 0. The molecule has 110 valence electrons. The van der Waals surface area contributed by atoms with Gasteiger partial charge in [-0.05, 0) is 31.0 Å². The van der Waals surface area contributed by atoms with Crippen LogP contribution in [0.5, 0.6) is 0 Å². The van der Waals surface area contributed by atoms with Gasteiger partial charge in [-0.2, -0.15) is 5.26 Å². The van der Waals surface area contributed by atoms with Crippen molar-refractivity contribution in [2.75, 3.05) is 11.9 Å². The molecule has 0 bridgehead atoms. The van der Waals surface area contributed by atoms with Crippen LogP contribution >= 0.6 is 0 Å². The van der Waals surface area contributed by atoms with Gasteiger partial charge in [0, 0.05) is 5.69 Å². The average Bonchev–Trinajstić information content (AvgIpc) is 2.53. The van der Waals surface area contributed by atoms with Crippen molar-refractivity contribution in [3.8, 4) is 6.07 Å². The van der Waals surface area contributed by atoms with E-state index in [0.29, 0.717) is 11.3 Å². The molecule has 0 heterocycles. The Balaban J connectivity index is 1.79. The van der Waals surface area contributed by atoms with E-state index in [2.05, 4.69) is 5.32 Å². The van der Waals surface area contributed by atoms with Crippen LogP contribution in [0.2, 0.25) is 0 Å². The zero-order valence-corrected chi connectivity index (χ0v) is 11.8. The quantitative estimate of drug-likeness (QED) is 0.863. The van der Waals surface area contributed by atoms with E-state index in [-0.39, 0.29) is 18.5 Å². The third-order valence-corrected chi connectivity index (χ3v) is 3.56. The first-order chi connectivity index (χ1) is 10.2. The number of nitriles is 1. The fourth-order valence-electron chi connectivity index (χ4n) is 2.46. The molecule has 1 aliphatic carbocycles. The molecule has 0 unspecified atom stereocenters. The summed E-state index contributed by atoms with van der Waals surface area (Å²) in [6.45, 7) is -0.286. The lowest BCUT2D eigenvalue weighted by molar-refractivity contribution is -0.152. The highest BCUT2D eigenvalue weighted by Gasteiger charge is 2.23. The molecule has 1 N–H and O–H groups in total. The molecule has 0 spiro atoms. The highest BCUT2D eigenvalue weighted by atomic mass is 16.5. The molecule has 1 amide bonds. The molecular formula is C16H18N2O3. The number of rotatable bonds is 4. The number of amides is 1. The summed E-state index contributed by atoms with van der Waals surface area (Å²) in [6, 6.07) is 8.58. The normalized spacial score (nSPS) is 15.0. The first-order valence-corrected chi connectivity index (χ1v) is 7.15. The van der Waals surface area contributed by atoms with Gasteiger partial charge in [-0.25, -0.2) is 0 Å². The number of hydrogen-bond acceptors (Lipinski definition) is 4. The number of carbonyl (C=O) groups excluding carboxylic acids is 2. The van der Waals surface area contributed by atoms with Crippen molar-refractivity contribution in [2.45, 2.75) is 32.1 Å². The van der Waals surface area contributed by atoms with Crippen LogP contribution in [-0.2, 0) is 14.3 Å². The zero-order valence-electron chi connectivity index (χ0n) is 11.8. The van der Waals surface area contributed by atoms with Gasteiger partial charge >= 0.3 is 5.97 Å². The Morgan fingerprint density at radius 2 is 2.05 bits per heavy atom. The summed E-state index contributed by atoms with van der Waals surface area (Å²) in [5, 5.41) is 11.4. The number of anilines is 1. The molecule has 21 heavy (non-hydrogen) atoms. The minimum atomic E-state index is -0.394. The average molecular weight is 286 g/mol. The number of carbonyl (C=O) groups is 2. The number of benzene rings is 1. The molecular weight excluding hydrogens is 268 g/mol. The van der Waals surface area contributed by atoms with Crippen LogP contribution in [-0.4, -0.2) is 18.5 Å². The maximum absolute atomic E-state index is 11.8. The van der Waals surface area contributed by atoms with Crippen molar-refractivity contribution in [1.29, 1.82) is 5.26 Å². The van der Waals surface area contributed by atoms with Crippen molar-refractivity contribution in [3.05, 3.63) is 29.8 Å². The molecule has 5 nitrogen and oxygen atoms in total. The number of hydrogen-bond donors (Lipinski definition) is 1. The Labute approximate surface area is 123 Å². The molecule has 1 aromatic rings. The fourth-order valence-corrected chi connectivity index (χ4v) is 2.46. The summed E-state index contributed by atoms with van der Waals surface area (Å²) in [7, 11) is 0. The Morgan fingerprint density at radius 1 is 1.29 bits per heavy atom. The van der Waals surface area contributed by atoms with Gasteiger partial charge in [0.05, 0.1) is 17.6 Å². The van der Waals surface area contributed by atoms with Crippen molar-refractivity contribution in [1.82, 2.24) is 0 Å². The molecule has 0 radical (unpaired) electrons. The number of nitrogens with one attached hydrogen (secondary N) is 1. The lowest BCUT2D eigenvalue weighted by atomic mass is 9.89. The van der Waals surface area contributed by atoms with E-state index >= 15 is 0 Å². The largest absolute Gasteiger partial charge is 0.455 e. The van der Waals surface area contributed by atoms with Crippen molar-refractivity contribution >= 4 is 17.6 Å². The summed E-state index contributed by atoms with van der Waals surface area (Å²) in [6.07, 6.45) is 4.97. The van der Waals surface area contributed by atoms with E-state index < -0.39 is 5.91 Å². The SMILES string of the molecule is N#Cc1cccc(NC(=O)COC(=O)C2CCCCC2)c1.